The Morgan fingerprint density at radius 1 is 1.28 bits per heavy atom. The molecule has 0 fully saturated rings. The summed E-state index contributed by atoms with van der Waals surface area (Å²) in [5.74, 6) is -0.385. The number of hydrogen-bond donors (Lipinski definition) is 2. The molecule has 0 unspecified atom stereocenters. The number of aromatic hydroxyl groups is 1. The third-order valence-electron chi connectivity index (χ3n) is 2.72. The molecule has 1 aromatic carbocycles. The number of H-pyrrole nitrogens is 1. The number of nitrogens with one attached hydrogen (secondary N) is 1. The summed E-state index contributed by atoms with van der Waals surface area (Å²) in [6.07, 6.45) is 0. The Bertz CT molecular complexity index is 731. The van der Waals surface area contributed by atoms with Crippen LogP contribution < -0.4 is 11.2 Å². The minimum Gasteiger partial charge on any atom is -0.494 e. The molecule has 0 aliphatic rings. The lowest BCUT2D eigenvalue weighted by molar-refractivity contribution is 0.426. The molecule has 2 N–H and O–H groups in total. The number of aromatic nitrogens is 2. The van der Waals surface area contributed by atoms with E-state index in [1.54, 1.807) is 18.2 Å². The van der Waals surface area contributed by atoms with Gasteiger partial charge in [-0.05, 0) is 31.5 Å². The van der Waals surface area contributed by atoms with E-state index in [1.807, 2.05) is 6.92 Å². The molecule has 5 nitrogen and oxygen atoms in total. The second-order valence-corrected chi connectivity index (χ2v) is 4.38. The maximum absolute atomic E-state index is 11.7. The van der Waals surface area contributed by atoms with Crippen LogP contribution in [-0.2, 0) is 0 Å². The Labute approximate surface area is 107 Å². The highest BCUT2D eigenvalue weighted by atomic mass is 35.5. The van der Waals surface area contributed by atoms with Crippen molar-refractivity contribution in [2.45, 2.75) is 13.8 Å². The molecule has 6 heteroatoms. The summed E-state index contributed by atoms with van der Waals surface area (Å²) in [5, 5.41) is 10.3. The molecule has 0 spiro atoms. The quantitative estimate of drug-likeness (QED) is 0.821. The zero-order valence-corrected chi connectivity index (χ0v) is 10.6. The molecule has 94 valence electrons. The molecule has 0 atom stereocenters. The summed E-state index contributed by atoms with van der Waals surface area (Å²) in [6, 6.07) is 4.92. The fraction of sp³-hybridized carbons (Fsp3) is 0.167. The monoisotopic (exact) mass is 266 g/mol. The predicted molar refractivity (Wildman–Crippen MR) is 68.8 cm³/mol. The molecule has 0 saturated heterocycles. The highest BCUT2D eigenvalue weighted by Crippen LogP contribution is 2.21. The van der Waals surface area contributed by atoms with Gasteiger partial charge in [0.25, 0.3) is 5.56 Å². The minimum atomic E-state index is -0.706. The number of aryl methyl sites for hydroxylation is 1. The van der Waals surface area contributed by atoms with E-state index in [9.17, 15) is 14.7 Å². The fourth-order valence-electron chi connectivity index (χ4n) is 1.57. The van der Waals surface area contributed by atoms with Crippen LogP contribution in [0.5, 0.6) is 5.88 Å². The molecule has 1 aromatic heterocycles. The number of halogens is 1. The SMILES string of the molecule is Cc1ccc(-n2c(O)c(C)c(=O)[nH]c2=O)cc1Cl. The highest BCUT2D eigenvalue weighted by molar-refractivity contribution is 6.31. The van der Waals surface area contributed by atoms with E-state index in [0.717, 1.165) is 10.1 Å². The average molecular weight is 267 g/mol. The molecule has 18 heavy (non-hydrogen) atoms. The van der Waals surface area contributed by atoms with Crippen LogP contribution in [-0.4, -0.2) is 14.7 Å². The van der Waals surface area contributed by atoms with Crippen LogP contribution >= 0.6 is 11.6 Å². The highest BCUT2D eigenvalue weighted by Gasteiger charge is 2.12. The maximum Gasteiger partial charge on any atom is 0.335 e. The van der Waals surface area contributed by atoms with Crippen LogP contribution in [0.15, 0.2) is 27.8 Å². The lowest BCUT2D eigenvalue weighted by Crippen LogP contribution is -2.30. The number of rotatable bonds is 1. The standard InChI is InChI=1S/C12H11ClN2O3/c1-6-3-4-8(5-9(6)13)15-11(17)7(2)10(16)14-12(15)18/h3-5,17H,1-2H3,(H,14,16,18). The van der Waals surface area contributed by atoms with Gasteiger partial charge in [-0.3, -0.25) is 9.78 Å². The normalized spacial score (nSPS) is 10.6. The van der Waals surface area contributed by atoms with Gasteiger partial charge in [0.2, 0.25) is 5.88 Å². The number of nitrogens with zero attached hydrogens (tertiary/aromatic N) is 1. The van der Waals surface area contributed by atoms with Crippen LogP contribution in [0.1, 0.15) is 11.1 Å². The Kier molecular flexibility index (Phi) is 3.00. The van der Waals surface area contributed by atoms with Crippen LogP contribution in [0.2, 0.25) is 5.02 Å². The molecular weight excluding hydrogens is 256 g/mol. The third-order valence-corrected chi connectivity index (χ3v) is 3.13. The summed E-state index contributed by atoms with van der Waals surface area (Å²) < 4.78 is 1.00. The third kappa shape index (κ3) is 1.93. The zero-order valence-electron chi connectivity index (χ0n) is 9.82. The summed E-state index contributed by atoms with van der Waals surface area (Å²) in [6.45, 7) is 3.26. The van der Waals surface area contributed by atoms with Gasteiger partial charge >= 0.3 is 5.69 Å². The van der Waals surface area contributed by atoms with Gasteiger partial charge in [-0.2, -0.15) is 0 Å². The average Bonchev–Trinajstić information content (AvgIpc) is 2.31. The molecule has 0 radical (unpaired) electrons. The van der Waals surface area contributed by atoms with E-state index in [-0.39, 0.29) is 11.4 Å². The van der Waals surface area contributed by atoms with Crippen LogP contribution in [0.4, 0.5) is 0 Å². The van der Waals surface area contributed by atoms with Crippen LogP contribution in [0, 0.1) is 13.8 Å². The second kappa shape index (κ2) is 4.34. The van der Waals surface area contributed by atoms with Gasteiger partial charge in [-0.25, -0.2) is 9.36 Å². The van der Waals surface area contributed by atoms with E-state index < -0.39 is 11.2 Å². The van der Waals surface area contributed by atoms with E-state index in [2.05, 4.69) is 4.98 Å². The first-order valence-electron chi connectivity index (χ1n) is 5.23. The number of benzene rings is 1. The lowest BCUT2D eigenvalue weighted by Gasteiger charge is -2.10. The zero-order chi connectivity index (χ0) is 13.4. The van der Waals surface area contributed by atoms with Crippen molar-refractivity contribution in [2.24, 2.45) is 0 Å². The Balaban J connectivity index is 2.79. The van der Waals surface area contributed by atoms with Crippen molar-refractivity contribution >= 4 is 11.6 Å². The smallest absolute Gasteiger partial charge is 0.335 e. The molecule has 0 aliphatic heterocycles. The Hall–Kier alpha value is -2.01. The first kappa shape index (κ1) is 12.4. The predicted octanol–water partition coefficient (Wildman–Crippen LogP) is 1.50. The summed E-state index contributed by atoms with van der Waals surface area (Å²) in [5.41, 5.74) is 0.0165. The van der Waals surface area contributed by atoms with Gasteiger partial charge in [0, 0.05) is 5.02 Å². The summed E-state index contributed by atoms with van der Waals surface area (Å²) in [7, 11) is 0. The molecule has 0 aliphatic carbocycles. The Morgan fingerprint density at radius 2 is 1.94 bits per heavy atom. The maximum atomic E-state index is 11.7. The van der Waals surface area contributed by atoms with Crippen molar-refractivity contribution < 1.29 is 5.11 Å². The Morgan fingerprint density at radius 3 is 2.56 bits per heavy atom. The topological polar surface area (TPSA) is 75.1 Å². The van der Waals surface area contributed by atoms with Crippen LogP contribution in [0.3, 0.4) is 0 Å². The molecular formula is C12H11ClN2O3. The van der Waals surface area contributed by atoms with E-state index >= 15 is 0 Å². The number of hydrogen-bond acceptors (Lipinski definition) is 3. The molecule has 0 saturated carbocycles. The van der Waals surface area contributed by atoms with Crippen molar-refractivity contribution in [1.29, 1.82) is 0 Å². The minimum absolute atomic E-state index is 0.0753. The summed E-state index contributed by atoms with van der Waals surface area (Å²) in [4.78, 5) is 25.2. The number of aromatic amines is 1. The lowest BCUT2D eigenvalue weighted by atomic mass is 10.2. The van der Waals surface area contributed by atoms with Crippen LogP contribution in [0.25, 0.3) is 5.69 Å². The first-order valence-corrected chi connectivity index (χ1v) is 5.61. The second-order valence-electron chi connectivity index (χ2n) is 3.98. The van der Waals surface area contributed by atoms with Gasteiger partial charge in [0.05, 0.1) is 11.3 Å². The van der Waals surface area contributed by atoms with Gasteiger partial charge in [0.1, 0.15) is 0 Å². The van der Waals surface area contributed by atoms with Gasteiger partial charge in [-0.15, -0.1) is 0 Å². The molecule has 1 heterocycles. The van der Waals surface area contributed by atoms with Gasteiger partial charge in [0.15, 0.2) is 0 Å². The van der Waals surface area contributed by atoms with E-state index in [4.69, 9.17) is 11.6 Å². The molecule has 2 rings (SSSR count). The van der Waals surface area contributed by atoms with Crippen molar-refractivity contribution in [3.05, 3.63) is 55.2 Å². The first-order chi connectivity index (χ1) is 8.41. The van der Waals surface area contributed by atoms with Crippen molar-refractivity contribution in [3.8, 4) is 11.6 Å². The van der Waals surface area contributed by atoms with Gasteiger partial charge < -0.3 is 5.11 Å². The summed E-state index contributed by atoms with van der Waals surface area (Å²) >= 11 is 5.97. The van der Waals surface area contributed by atoms with Crippen molar-refractivity contribution in [3.63, 3.8) is 0 Å². The van der Waals surface area contributed by atoms with Crippen molar-refractivity contribution in [2.75, 3.05) is 0 Å². The molecule has 0 bridgehead atoms. The van der Waals surface area contributed by atoms with Gasteiger partial charge in [-0.1, -0.05) is 17.7 Å². The van der Waals surface area contributed by atoms with E-state index in [0.29, 0.717) is 10.7 Å². The molecule has 2 aromatic rings. The van der Waals surface area contributed by atoms with Crippen molar-refractivity contribution in [1.82, 2.24) is 9.55 Å². The largest absolute Gasteiger partial charge is 0.494 e. The fourth-order valence-corrected chi connectivity index (χ4v) is 1.75. The molecule has 0 amide bonds. The van der Waals surface area contributed by atoms with E-state index in [1.165, 1.54) is 6.92 Å².